The van der Waals surface area contributed by atoms with Crippen LogP contribution < -0.4 is 16.2 Å². The van der Waals surface area contributed by atoms with Crippen molar-refractivity contribution in [3.63, 3.8) is 0 Å². The third-order valence-electron chi connectivity index (χ3n) is 3.23. The van der Waals surface area contributed by atoms with E-state index in [1.165, 1.54) is 0 Å². The first kappa shape index (κ1) is 17.2. The monoisotopic (exact) mass is 351 g/mol. The molecule has 0 saturated heterocycles. The van der Waals surface area contributed by atoms with E-state index >= 15 is 0 Å². The molecule has 0 radical (unpaired) electrons. The summed E-state index contributed by atoms with van der Waals surface area (Å²) < 4.78 is 1.63. The fraction of sp³-hybridized carbons (Fsp3) is 0.267. The van der Waals surface area contributed by atoms with E-state index in [2.05, 4.69) is 21.3 Å². The summed E-state index contributed by atoms with van der Waals surface area (Å²) >= 11 is 11.2. The SMILES string of the molecule is Cc1cc(C)n(CC(=O)NNC(=S)Nc2cccc(Cl)c2C)n1. The Kier molecular flexibility index (Phi) is 5.57. The summed E-state index contributed by atoms with van der Waals surface area (Å²) in [5, 5.41) is 8.14. The molecule has 0 atom stereocenters. The molecule has 0 aliphatic carbocycles. The minimum absolute atomic E-state index is 0.117. The molecular weight excluding hydrogens is 334 g/mol. The zero-order valence-corrected chi connectivity index (χ0v) is 14.7. The van der Waals surface area contributed by atoms with Crippen molar-refractivity contribution < 1.29 is 4.79 Å². The van der Waals surface area contributed by atoms with Gasteiger partial charge in [-0.25, -0.2) is 0 Å². The Balaban J connectivity index is 1.85. The van der Waals surface area contributed by atoms with Crippen molar-refractivity contribution in [2.75, 3.05) is 5.32 Å². The van der Waals surface area contributed by atoms with Crippen LogP contribution in [0.5, 0.6) is 0 Å². The summed E-state index contributed by atoms with van der Waals surface area (Å²) in [6, 6.07) is 7.39. The molecule has 1 amide bonds. The summed E-state index contributed by atoms with van der Waals surface area (Å²) in [5.41, 5.74) is 8.65. The van der Waals surface area contributed by atoms with Crippen LogP contribution in [-0.2, 0) is 11.3 Å². The second kappa shape index (κ2) is 7.43. The van der Waals surface area contributed by atoms with Gasteiger partial charge in [-0.3, -0.25) is 20.3 Å². The molecule has 122 valence electrons. The topological polar surface area (TPSA) is 71.0 Å². The summed E-state index contributed by atoms with van der Waals surface area (Å²) in [7, 11) is 0. The number of thiocarbonyl (C=S) groups is 1. The molecule has 2 rings (SSSR count). The highest BCUT2D eigenvalue weighted by molar-refractivity contribution is 7.80. The molecule has 0 aliphatic rings. The quantitative estimate of drug-likeness (QED) is 0.585. The van der Waals surface area contributed by atoms with Crippen molar-refractivity contribution in [1.29, 1.82) is 0 Å². The number of rotatable bonds is 3. The lowest BCUT2D eigenvalue weighted by atomic mass is 10.2. The molecule has 8 heteroatoms. The van der Waals surface area contributed by atoms with Crippen LogP contribution in [0.25, 0.3) is 0 Å². The van der Waals surface area contributed by atoms with Gasteiger partial charge in [0.15, 0.2) is 5.11 Å². The molecule has 2 aromatic rings. The molecule has 1 aromatic heterocycles. The molecule has 6 nitrogen and oxygen atoms in total. The van der Waals surface area contributed by atoms with Crippen molar-refractivity contribution in [1.82, 2.24) is 20.6 Å². The van der Waals surface area contributed by atoms with E-state index in [-0.39, 0.29) is 17.6 Å². The van der Waals surface area contributed by atoms with E-state index < -0.39 is 0 Å². The lowest BCUT2D eigenvalue weighted by Crippen LogP contribution is -2.45. The van der Waals surface area contributed by atoms with Crippen molar-refractivity contribution in [2.45, 2.75) is 27.3 Å². The molecule has 0 unspecified atom stereocenters. The number of benzene rings is 1. The molecule has 23 heavy (non-hydrogen) atoms. The standard InChI is InChI=1S/C15H18ClN5OS/c1-9-7-10(2)21(20-9)8-14(22)18-19-15(23)17-13-6-4-5-12(16)11(13)3/h4-7H,8H2,1-3H3,(H,18,22)(H2,17,19,23). The minimum atomic E-state index is -0.247. The fourth-order valence-corrected chi connectivity index (χ4v) is 2.37. The van der Waals surface area contributed by atoms with Crippen LogP contribution in [0.2, 0.25) is 5.02 Å². The van der Waals surface area contributed by atoms with Crippen molar-refractivity contribution in [3.8, 4) is 0 Å². The van der Waals surface area contributed by atoms with E-state index in [9.17, 15) is 4.79 Å². The zero-order chi connectivity index (χ0) is 17.0. The Bertz CT molecular complexity index is 743. The normalized spacial score (nSPS) is 10.3. The average molecular weight is 352 g/mol. The van der Waals surface area contributed by atoms with Gasteiger partial charge in [-0.1, -0.05) is 17.7 Å². The summed E-state index contributed by atoms with van der Waals surface area (Å²) in [6.45, 7) is 5.78. The molecule has 0 spiro atoms. The molecule has 0 aliphatic heterocycles. The maximum absolute atomic E-state index is 11.9. The second-order valence-corrected chi connectivity index (χ2v) is 5.94. The smallest absolute Gasteiger partial charge is 0.260 e. The average Bonchev–Trinajstić information content (AvgIpc) is 2.79. The number of aryl methyl sites for hydroxylation is 2. The van der Waals surface area contributed by atoms with Gasteiger partial charge in [0, 0.05) is 16.4 Å². The van der Waals surface area contributed by atoms with Crippen LogP contribution in [0, 0.1) is 20.8 Å². The van der Waals surface area contributed by atoms with Crippen LogP contribution in [-0.4, -0.2) is 20.8 Å². The van der Waals surface area contributed by atoms with Gasteiger partial charge in [-0.05, 0) is 56.8 Å². The lowest BCUT2D eigenvalue weighted by Gasteiger charge is -2.14. The molecule has 1 aromatic carbocycles. The number of hydrazine groups is 1. The van der Waals surface area contributed by atoms with Crippen LogP contribution in [0.15, 0.2) is 24.3 Å². The number of hydrogen-bond acceptors (Lipinski definition) is 3. The van der Waals surface area contributed by atoms with Gasteiger partial charge in [0.1, 0.15) is 6.54 Å². The highest BCUT2D eigenvalue weighted by Gasteiger charge is 2.08. The molecule has 0 saturated carbocycles. The number of aromatic nitrogens is 2. The number of carbonyl (C=O) groups excluding carboxylic acids is 1. The highest BCUT2D eigenvalue weighted by atomic mass is 35.5. The number of nitrogens with one attached hydrogen (secondary N) is 3. The molecule has 1 heterocycles. The molecule has 0 fully saturated rings. The van der Waals surface area contributed by atoms with Crippen molar-refractivity contribution in [3.05, 3.63) is 46.2 Å². The first-order chi connectivity index (χ1) is 10.9. The third kappa shape index (κ3) is 4.67. The van der Waals surface area contributed by atoms with E-state index in [1.54, 1.807) is 10.7 Å². The van der Waals surface area contributed by atoms with E-state index in [4.69, 9.17) is 23.8 Å². The van der Waals surface area contributed by atoms with Crippen LogP contribution in [0.4, 0.5) is 5.69 Å². The summed E-state index contributed by atoms with van der Waals surface area (Å²) in [6.07, 6.45) is 0. The number of hydrogen-bond donors (Lipinski definition) is 3. The Hall–Kier alpha value is -2.12. The summed E-state index contributed by atoms with van der Waals surface area (Å²) in [5.74, 6) is -0.247. The van der Waals surface area contributed by atoms with Gasteiger partial charge in [-0.15, -0.1) is 0 Å². The lowest BCUT2D eigenvalue weighted by molar-refractivity contribution is -0.122. The van der Waals surface area contributed by atoms with Crippen LogP contribution in [0.1, 0.15) is 17.0 Å². The van der Waals surface area contributed by atoms with Crippen molar-refractivity contribution >= 4 is 40.5 Å². The Morgan fingerprint density at radius 1 is 1.30 bits per heavy atom. The second-order valence-electron chi connectivity index (χ2n) is 5.12. The number of halogens is 1. The van der Waals surface area contributed by atoms with Gasteiger partial charge in [0.25, 0.3) is 5.91 Å². The predicted molar refractivity (Wildman–Crippen MR) is 95.4 cm³/mol. The predicted octanol–water partition coefficient (Wildman–Crippen LogP) is 2.48. The van der Waals surface area contributed by atoms with Crippen molar-refractivity contribution in [2.24, 2.45) is 0 Å². The maximum Gasteiger partial charge on any atom is 0.260 e. The number of nitrogens with zero attached hydrogens (tertiary/aromatic N) is 2. The molecule has 3 N–H and O–H groups in total. The van der Waals surface area contributed by atoms with E-state index in [0.29, 0.717) is 5.02 Å². The fourth-order valence-electron chi connectivity index (χ4n) is 2.03. The molecular formula is C15H18ClN5OS. The third-order valence-corrected chi connectivity index (χ3v) is 3.84. The highest BCUT2D eigenvalue weighted by Crippen LogP contribution is 2.22. The first-order valence-corrected chi connectivity index (χ1v) is 7.77. The minimum Gasteiger partial charge on any atom is -0.331 e. The number of carbonyl (C=O) groups is 1. The Morgan fingerprint density at radius 2 is 2.04 bits per heavy atom. The van der Waals surface area contributed by atoms with E-state index in [0.717, 1.165) is 22.6 Å². The summed E-state index contributed by atoms with van der Waals surface area (Å²) in [4.78, 5) is 11.9. The van der Waals surface area contributed by atoms with Crippen LogP contribution >= 0.6 is 23.8 Å². The van der Waals surface area contributed by atoms with Gasteiger partial charge >= 0.3 is 0 Å². The largest absolute Gasteiger partial charge is 0.331 e. The number of amides is 1. The van der Waals surface area contributed by atoms with E-state index in [1.807, 2.05) is 39.0 Å². The van der Waals surface area contributed by atoms with Gasteiger partial charge in [0.05, 0.1) is 5.69 Å². The Labute approximate surface area is 145 Å². The maximum atomic E-state index is 11.9. The Morgan fingerprint density at radius 3 is 2.70 bits per heavy atom. The molecule has 0 bridgehead atoms. The zero-order valence-electron chi connectivity index (χ0n) is 13.1. The van der Waals surface area contributed by atoms with Gasteiger partial charge < -0.3 is 5.32 Å². The van der Waals surface area contributed by atoms with Gasteiger partial charge in [-0.2, -0.15) is 5.10 Å². The van der Waals surface area contributed by atoms with Gasteiger partial charge in [0.2, 0.25) is 0 Å². The first-order valence-electron chi connectivity index (χ1n) is 6.99. The number of anilines is 1. The van der Waals surface area contributed by atoms with Crippen LogP contribution in [0.3, 0.4) is 0 Å².